The number of hydrogen-bond donors (Lipinski definition) is 4. The minimum Gasteiger partial charge on any atom is -0.508 e. The molecule has 3 rings (SSSR count). The predicted molar refractivity (Wildman–Crippen MR) is 72.5 cm³/mol. The first-order valence-electron chi connectivity index (χ1n) is 5.55. The van der Waals surface area contributed by atoms with Gasteiger partial charge in [0, 0.05) is 0 Å². The van der Waals surface area contributed by atoms with Crippen LogP contribution in [0.2, 0.25) is 0 Å². The van der Waals surface area contributed by atoms with Crippen molar-refractivity contribution in [3.63, 3.8) is 0 Å². The predicted octanol–water partition coefficient (Wildman–Crippen LogP) is 1.26. The Hall–Kier alpha value is -2.61. The third-order valence-electron chi connectivity index (χ3n) is 2.89. The summed E-state index contributed by atoms with van der Waals surface area (Å²) in [5.74, 6) is -0.785. The molecule has 2 aromatic carbocycles. The molecule has 0 amide bonds. The second-order valence-corrected chi connectivity index (χ2v) is 5.84. The van der Waals surface area contributed by atoms with E-state index in [-0.39, 0.29) is 17.2 Å². The van der Waals surface area contributed by atoms with Crippen molar-refractivity contribution in [2.75, 3.05) is 4.31 Å². The second-order valence-electron chi connectivity index (χ2n) is 4.29. The first kappa shape index (κ1) is 12.4. The lowest BCUT2D eigenvalue weighted by molar-refractivity contribution is 0.392. The van der Waals surface area contributed by atoms with Gasteiger partial charge < -0.3 is 15.3 Å². The summed E-state index contributed by atoms with van der Waals surface area (Å²) in [4.78, 5) is 0. The fourth-order valence-corrected chi connectivity index (χ4v) is 3.08. The van der Waals surface area contributed by atoms with E-state index in [9.17, 15) is 23.7 Å². The molecule has 4 N–H and O–H groups in total. The maximum Gasteiger partial charge on any atom is 0.330 e. The third-order valence-corrected chi connectivity index (χ3v) is 4.17. The van der Waals surface area contributed by atoms with E-state index in [1.165, 1.54) is 24.3 Å². The lowest BCUT2D eigenvalue weighted by Gasteiger charge is -2.16. The number of phenols is 2. The molecule has 0 bridgehead atoms. The van der Waals surface area contributed by atoms with Gasteiger partial charge >= 0.3 is 10.2 Å². The molecular formula is C12H10N2O5S. The van der Waals surface area contributed by atoms with Gasteiger partial charge in [-0.1, -0.05) is 6.07 Å². The summed E-state index contributed by atoms with van der Waals surface area (Å²) in [6.45, 7) is 0. The van der Waals surface area contributed by atoms with Crippen LogP contribution in [0.4, 0.5) is 5.69 Å². The zero-order valence-corrected chi connectivity index (χ0v) is 10.8. The van der Waals surface area contributed by atoms with Crippen LogP contribution in [0.25, 0.3) is 10.8 Å². The number of rotatable bonds is 1. The molecule has 104 valence electrons. The lowest BCUT2D eigenvalue weighted by Crippen LogP contribution is -2.29. The molecule has 0 fully saturated rings. The first-order chi connectivity index (χ1) is 9.37. The van der Waals surface area contributed by atoms with Crippen molar-refractivity contribution >= 4 is 26.7 Å². The van der Waals surface area contributed by atoms with E-state index in [1.807, 2.05) is 4.72 Å². The number of nitrogens with zero attached hydrogens (tertiary/aromatic N) is 1. The molecule has 2 aromatic rings. The van der Waals surface area contributed by atoms with E-state index in [0.717, 1.165) is 10.5 Å². The topological polar surface area (TPSA) is 110 Å². The SMILES string of the molecule is O=S1(=O)NC(O)=CN1c1cc2ccc(O)cc2cc1O. The van der Waals surface area contributed by atoms with E-state index in [0.29, 0.717) is 10.8 Å². The van der Waals surface area contributed by atoms with E-state index in [1.54, 1.807) is 6.07 Å². The van der Waals surface area contributed by atoms with Gasteiger partial charge in [0.2, 0.25) is 5.88 Å². The Kier molecular flexibility index (Phi) is 2.45. The average molecular weight is 294 g/mol. The summed E-state index contributed by atoms with van der Waals surface area (Å²) in [6, 6.07) is 7.27. The molecule has 0 saturated carbocycles. The molecule has 1 heterocycles. The molecule has 8 heteroatoms. The number of aliphatic hydroxyl groups excluding tert-OH is 1. The Balaban J connectivity index is 2.22. The highest BCUT2D eigenvalue weighted by Gasteiger charge is 2.30. The Morgan fingerprint density at radius 2 is 1.75 bits per heavy atom. The number of benzene rings is 2. The maximum atomic E-state index is 11.8. The number of fused-ring (bicyclic) bond motifs is 1. The van der Waals surface area contributed by atoms with E-state index in [4.69, 9.17) is 0 Å². The minimum atomic E-state index is -3.96. The summed E-state index contributed by atoms with van der Waals surface area (Å²) < 4.78 is 26.2. The molecule has 0 saturated heterocycles. The normalized spacial score (nSPS) is 17.0. The van der Waals surface area contributed by atoms with Crippen molar-refractivity contribution < 1.29 is 23.7 Å². The summed E-state index contributed by atoms with van der Waals surface area (Å²) >= 11 is 0. The van der Waals surface area contributed by atoms with Crippen molar-refractivity contribution in [3.05, 3.63) is 42.4 Å². The first-order valence-corrected chi connectivity index (χ1v) is 6.99. The monoisotopic (exact) mass is 294 g/mol. The highest BCUT2D eigenvalue weighted by atomic mass is 32.2. The fourth-order valence-electron chi connectivity index (χ4n) is 2.02. The second kappa shape index (κ2) is 3.94. The quantitative estimate of drug-likeness (QED) is 0.633. The zero-order chi connectivity index (χ0) is 14.5. The Morgan fingerprint density at radius 1 is 1.00 bits per heavy atom. The van der Waals surface area contributed by atoms with E-state index in [2.05, 4.69) is 0 Å². The molecule has 0 aliphatic carbocycles. The molecule has 0 spiro atoms. The number of nitrogens with one attached hydrogen (secondary N) is 1. The molecule has 1 aliphatic heterocycles. The number of hydrogen-bond acceptors (Lipinski definition) is 5. The van der Waals surface area contributed by atoms with Crippen LogP contribution in [-0.2, 0) is 10.2 Å². The van der Waals surface area contributed by atoms with Crippen LogP contribution in [0.15, 0.2) is 42.4 Å². The largest absolute Gasteiger partial charge is 0.508 e. The number of anilines is 1. The maximum absolute atomic E-state index is 11.8. The van der Waals surface area contributed by atoms with Crippen LogP contribution in [0.1, 0.15) is 0 Å². The molecule has 1 aliphatic rings. The number of aliphatic hydroxyl groups is 1. The molecule has 0 atom stereocenters. The van der Waals surface area contributed by atoms with Crippen LogP contribution in [-0.4, -0.2) is 23.7 Å². The molecule has 0 aromatic heterocycles. The minimum absolute atomic E-state index is 0.000241. The van der Waals surface area contributed by atoms with Gasteiger partial charge in [-0.05, 0) is 35.0 Å². The summed E-state index contributed by atoms with van der Waals surface area (Å²) in [6.07, 6.45) is 0.955. The fraction of sp³-hybridized carbons (Fsp3) is 0. The molecular weight excluding hydrogens is 284 g/mol. The van der Waals surface area contributed by atoms with Gasteiger partial charge in [-0.25, -0.2) is 9.03 Å². The molecule has 20 heavy (non-hydrogen) atoms. The van der Waals surface area contributed by atoms with Gasteiger partial charge in [0.25, 0.3) is 0 Å². The summed E-state index contributed by atoms with van der Waals surface area (Å²) in [5, 5.41) is 29.8. The zero-order valence-electron chi connectivity index (χ0n) is 9.98. The van der Waals surface area contributed by atoms with E-state index < -0.39 is 16.1 Å². The van der Waals surface area contributed by atoms with E-state index >= 15 is 0 Å². The van der Waals surface area contributed by atoms with Crippen LogP contribution in [0.5, 0.6) is 11.5 Å². The van der Waals surface area contributed by atoms with Gasteiger partial charge in [-0.2, -0.15) is 8.42 Å². The Bertz CT molecular complexity index is 844. The van der Waals surface area contributed by atoms with Gasteiger partial charge in [-0.15, -0.1) is 0 Å². The van der Waals surface area contributed by atoms with Gasteiger partial charge in [0.1, 0.15) is 17.2 Å². The smallest absolute Gasteiger partial charge is 0.330 e. The van der Waals surface area contributed by atoms with Gasteiger partial charge in [-0.3, -0.25) is 0 Å². The molecule has 0 radical (unpaired) electrons. The van der Waals surface area contributed by atoms with Crippen molar-refractivity contribution in [1.82, 2.24) is 4.72 Å². The third kappa shape index (κ3) is 1.86. The Morgan fingerprint density at radius 3 is 2.40 bits per heavy atom. The summed E-state index contributed by atoms with van der Waals surface area (Å²) in [7, 11) is -3.96. The highest BCUT2D eigenvalue weighted by molar-refractivity contribution is 7.91. The van der Waals surface area contributed by atoms with Crippen molar-refractivity contribution in [1.29, 1.82) is 0 Å². The standard InChI is InChI=1S/C12H10N2O5S/c15-9-2-1-7-4-10(11(16)5-8(7)3-9)14-6-12(17)13-20(14,18)19/h1-6,13,15-17H. The van der Waals surface area contributed by atoms with Crippen molar-refractivity contribution in [2.24, 2.45) is 0 Å². The Labute approximate surface area is 114 Å². The molecule has 7 nitrogen and oxygen atoms in total. The summed E-state index contributed by atoms with van der Waals surface area (Å²) in [5.41, 5.74) is -0.000241. The van der Waals surface area contributed by atoms with Crippen LogP contribution in [0.3, 0.4) is 0 Å². The molecule has 0 unspecified atom stereocenters. The van der Waals surface area contributed by atoms with Crippen LogP contribution >= 0.6 is 0 Å². The highest BCUT2D eigenvalue weighted by Crippen LogP contribution is 2.36. The van der Waals surface area contributed by atoms with Crippen molar-refractivity contribution in [2.45, 2.75) is 0 Å². The van der Waals surface area contributed by atoms with Crippen molar-refractivity contribution in [3.8, 4) is 11.5 Å². The lowest BCUT2D eigenvalue weighted by atomic mass is 10.1. The van der Waals surface area contributed by atoms with Crippen LogP contribution in [0, 0.1) is 0 Å². The van der Waals surface area contributed by atoms with Crippen LogP contribution < -0.4 is 9.03 Å². The van der Waals surface area contributed by atoms with Gasteiger partial charge in [0.05, 0.1) is 6.20 Å². The van der Waals surface area contributed by atoms with Gasteiger partial charge in [0.15, 0.2) is 0 Å². The number of aromatic hydroxyl groups is 2. The average Bonchev–Trinajstić information content (AvgIpc) is 2.61. The number of phenolic OH excluding ortho intramolecular Hbond substituents is 2.